The van der Waals surface area contributed by atoms with Gasteiger partial charge in [-0.25, -0.2) is 9.59 Å². The zero-order chi connectivity index (χ0) is 16.7. The lowest BCUT2D eigenvalue weighted by molar-refractivity contribution is -0.139. The van der Waals surface area contributed by atoms with E-state index in [1.165, 1.54) is 6.08 Å². The highest BCUT2D eigenvalue weighted by Gasteiger charge is 2.20. The largest absolute Gasteiger partial charge is 0.480 e. The number of benzene rings is 2. The van der Waals surface area contributed by atoms with Crippen LogP contribution in [0.4, 0.5) is 4.79 Å². The molecule has 0 saturated heterocycles. The normalized spacial score (nSPS) is 11.7. The topological polar surface area (TPSA) is 75.6 Å². The Balaban J connectivity index is 1.98. The molecular weight excluding hydrogens is 294 g/mol. The lowest BCUT2D eigenvalue weighted by Gasteiger charge is -2.14. The fourth-order valence-corrected chi connectivity index (χ4v) is 2.28. The molecule has 2 N–H and O–H groups in total. The average Bonchev–Trinajstić information content (AvgIpc) is 2.56. The second kappa shape index (κ2) is 7.98. The van der Waals surface area contributed by atoms with Gasteiger partial charge in [0.2, 0.25) is 0 Å². The fraction of sp³-hybridized carbons (Fsp3) is 0.222. The third kappa shape index (κ3) is 4.85. The van der Waals surface area contributed by atoms with Gasteiger partial charge in [0, 0.05) is 0 Å². The number of amides is 1. The average molecular weight is 313 g/mol. The number of carbonyl (C=O) groups is 2. The molecule has 0 bridgehead atoms. The van der Waals surface area contributed by atoms with Crippen LogP contribution in [0, 0.1) is 0 Å². The van der Waals surface area contributed by atoms with Gasteiger partial charge in [0.05, 0.1) is 0 Å². The molecule has 2 aromatic rings. The Morgan fingerprint density at radius 1 is 1.22 bits per heavy atom. The minimum absolute atomic E-state index is 0.0445. The van der Waals surface area contributed by atoms with E-state index < -0.39 is 18.1 Å². The van der Waals surface area contributed by atoms with Crippen LogP contribution >= 0.6 is 0 Å². The first kappa shape index (κ1) is 16.5. The Bertz CT molecular complexity index is 711. The smallest absolute Gasteiger partial charge is 0.408 e. The SMILES string of the molecule is C=CCOC(=O)N[C@@H](CCc1ccc2ccccc2c1)C(=O)O. The van der Waals surface area contributed by atoms with Gasteiger partial charge >= 0.3 is 12.1 Å². The molecule has 0 radical (unpaired) electrons. The molecule has 1 amide bonds. The number of rotatable bonds is 7. The minimum Gasteiger partial charge on any atom is -0.480 e. The summed E-state index contributed by atoms with van der Waals surface area (Å²) in [6.45, 7) is 3.47. The van der Waals surface area contributed by atoms with Gasteiger partial charge in [-0.15, -0.1) is 0 Å². The number of carboxylic acids is 1. The number of nitrogens with one attached hydrogen (secondary N) is 1. The van der Waals surface area contributed by atoms with E-state index in [0.717, 1.165) is 16.3 Å². The van der Waals surface area contributed by atoms with Crippen LogP contribution in [0.5, 0.6) is 0 Å². The predicted molar refractivity (Wildman–Crippen MR) is 88.4 cm³/mol. The molecule has 2 aromatic carbocycles. The predicted octanol–water partition coefficient (Wildman–Crippen LogP) is 3.14. The van der Waals surface area contributed by atoms with E-state index in [4.69, 9.17) is 4.74 Å². The molecule has 0 aliphatic heterocycles. The quantitative estimate of drug-likeness (QED) is 0.770. The summed E-state index contributed by atoms with van der Waals surface area (Å²) in [6.07, 6.45) is 1.50. The third-order valence-electron chi connectivity index (χ3n) is 3.46. The van der Waals surface area contributed by atoms with Crippen molar-refractivity contribution in [1.29, 1.82) is 0 Å². The van der Waals surface area contributed by atoms with Crippen LogP contribution < -0.4 is 5.32 Å². The Kier molecular flexibility index (Phi) is 5.74. The van der Waals surface area contributed by atoms with Crippen molar-refractivity contribution in [2.75, 3.05) is 6.61 Å². The third-order valence-corrected chi connectivity index (χ3v) is 3.46. The molecule has 5 heteroatoms. The van der Waals surface area contributed by atoms with Gasteiger partial charge in [0.25, 0.3) is 0 Å². The van der Waals surface area contributed by atoms with Crippen LogP contribution in [0.15, 0.2) is 55.1 Å². The fourth-order valence-electron chi connectivity index (χ4n) is 2.28. The van der Waals surface area contributed by atoms with Crippen molar-refractivity contribution in [3.63, 3.8) is 0 Å². The Morgan fingerprint density at radius 2 is 1.96 bits per heavy atom. The highest BCUT2D eigenvalue weighted by Crippen LogP contribution is 2.17. The standard InChI is InChI=1S/C18H19NO4/c1-2-11-23-18(22)19-16(17(20)21)10-8-13-7-9-14-5-3-4-6-15(14)12-13/h2-7,9,12,16H,1,8,10-11H2,(H,19,22)(H,20,21)/t16-/m0/s1. The molecule has 0 aromatic heterocycles. The lowest BCUT2D eigenvalue weighted by Crippen LogP contribution is -2.41. The van der Waals surface area contributed by atoms with Crippen molar-refractivity contribution in [2.45, 2.75) is 18.9 Å². The summed E-state index contributed by atoms with van der Waals surface area (Å²) in [6, 6.07) is 13.0. The number of alkyl carbamates (subject to hydrolysis) is 1. The lowest BCUT2D eigenvalue weighted by atomic mass is 10.0. The molecule has 2 rings (SSSR count). The number of aliphatic carboxylic acids is 1. The molecule has 120 valence electrons. The van der Waals surface area contributed by atoms with Crippen molar-refractivity contribution in [2.24, 2.45) is 0 Å². The Labute approximate surface area is 134 Å². The van der Waals surface area contributed by atoms with Gasteiger partial charge in [-0.1, -0.05) is 55.1 Å². The number of hydrogen-bond acceptors (Lipinski definition) is 3. The number of carbonyl (C=O) groups excluding carboxylic acids is 1. The minimum atomic E-state index is -1.08. The van der Waals surface area contributed by atoms with E-state index in [9.17, 15) is 14.7 Å². The van der Waals surface area contributed by atoms with Crippen LogP contribution in [0.25, 0.3) is 10.8 Å². The first-order valence-corrected chi connectivity index (χ1v) is 7.35. The number of fused-ring (bicyclic) bond motifs is 1. The van der Waals surface area contributed by atoms with Crippen molar-refractivity contribution in [1.82, 2.24) is 5.32 Å². The zero-order valence-electron chi connectivity index (χ0n) is 12.7. The van der Waals surface area contributed by atoms with Gasteiger partial charge in [-0.05, 0) is 29.2 Å². The second-order valence-electron chi connectivity index (χ2n) is 5.14. The first-order valence-electron chi connectivity index (χ1n) is 7.35. The van der Waals surface area contributed by atoms with Gasteiger partial charge in [-0.2, -0.15) is 0 Å². The maximum atomic E-state index is 11.5. The van der Waals surface area contributed by atoms with Crippen LogP contribution in [-0.4, -0.2) is 29.8 Å². The molecule has 23 heavy (non-hydrogen) atoms. The van der Waals surface area contributed by atoms with E-state index in [-0.39, 0.29) is 13.0 Å². The molecule has 0 unspecified atom stereocenters. The summed E-state index contributed by atoms with van der Waals surface area (Å²) < 4.78 is 4.75. The van der Waals surface area contributed by atoms with Crippen LogP contribution in [0.2, 0.25) is 0 Å². The second-order valence-corrected chi connectivity index (χ2v) is 5.14. The summed E-state index contributed by atoms with van der Waals surface area (Å²) in [5, 5.41) is 13.8. The summed E-state index contributed by atoms with van der Waals surface area (Å²) in [7, 11) is 0. The van der Waals surface area contributed by atoms with E-state index >= 15 is 0 Å². The summed E-state index contributed by atoms with van der Waals surface area (Å²) in [5.74, 6) is -1.08. The highest BCUT2D eigenvalue weighted by atomic mass is 16.5. The molecule has 0 aliphatic rings. The van der Waals surface area contributed by atoms with Crippen molar-refractivity contribution >= 4 is 22.8 Å². The van der Waals surface area contributed by atoms with Crippen LogP contribution in [-0.2, 0) is 16.0 Å². The Hall–Kier alpha value is -2.82. The van der Waals surface area contributed by atoms with Gasteiger partial charge < -0.3 is 15.2 Å². The summed E-state index contributed by atoms with van der Waals surface area (Å²) in [4.78, 5) is 22.7. The molecule has 0 saturated carbocycles. The van der Waals surface area contributed by atoms with E-state index in [0.29, 0.717) is 6.42 Å². The van der Waals surface area contributed by atoms with E-state index in [2.05, 4.69) is 11.9 Å². The maximum absolute atomic E-state index is 11.5. The van der Waals surface area contributed by atoms with Gasteiger partial charge in [-0.3, -0.25) is 0 Å². The molecule has 0 heterocycles. The molecule has 1 atom stereocenters. The first-order chi connectivity index (χ1) is 11.1. The monoisotopic (exact) mass is 313 g/mol. The van der Waals surface area contributed by atoms with Gasteiger partial charge in [0.1, 0.15) is 12.6 Å². The van der Waals surface area contributed by atoms with Gasteiger partial charge in [0.15, 0.2) is 0 Å². The molecule has 5 nitrogen and oxygen atoms in total. The number of ether oxygens (including phenoxy) is 1. The van der Waals surface area contributed by atoms with E-state index in [1.54, 1.807) is 0 Å². The number of aryl methyl sites for hydroxylation is 1. The van der Waals surface area contributed by atoms with Crippen molar-refractivity contribution in [3.05, 3.63) is 60.7 Å². The summed E-state index contributed by atoms with van der Waals surface area (Å²) in [5.41, 5.74) is 1.02. The highest BCUT2D eigenvalue weighted by molar-refractivity contribution is 5.83. The number of hydrogen-bond donors (Lipinski definition) is 2. The maximum Gasteiger partial charge on any atom is 0.408 e. The molecular formula is C18H19NO4. The molecule has 0 spiro atoms. The molecule has 0 aliphatic carbocycles. The van der Waals surface area contributed by atoms with E-state index in [1.807, 2.05) is 42.5 Å². The van der Waals surface area contributed by atoms with Crippen LogP contribution in [0.1, 0.15) is 12.0 Å². The van der Waals surface area contributed by atoms with Crippen molar-refractivity contribution in [3.8, 4) is 0 Å². The molecule has 0 fully saturated rings. The number of carboxylic acid groups (broad SMARTS) is 1. The summed E-state index contributed by atoms with van der Waals surface area (Å²) >= 11 is 0. The zero-order valence-corrected chi connectivity index (χ0v) is 12.7. The van der Waals surface area contributed by atoms with Crippen LogP contribution in [0.3, 0.4) is 0 Å². The Morgan fingerprint density at radius 3 is 2.65 bits per heavy atom. The van der Waals surface area contributed by atoms with Crippen molar-refractivity contribution < 1.29 is 19.4 Å².